The molecule has 2 saturated heterocycles. The van der Waals surface area contributed by atoms with E-state index < -0.39 is 12.1 Å². The molecular weight excluding hydrogens is 260 g/mol. The van der Waals surface area contributed by atoms with E-state index in [1.807, 2.05) is 0 Å². The molecule has 114 valence electrons. The number of carbonyl (C=O) groups excluding carboxylic acids is 2. The van der Waals surface area contributed by atoms with Gasteiger partial charge in [-0.15, -0.1) is 0 Å². The van der Waals surface area contributed by atoms with Crippen molar-refractivity contribution in [2.45, 2.75) is 57.3 Å². The molecule has 2 aliphatic rings. The second kappa shape index (κ2) is 7.04. The van der Waals surface area contributed by atoms with Gasteiger partial charge in [0, 0.05) is 13.1 Å². The number of rotatable bonds is 4. The van der Waals surface area contributed by atoms with Crippen LogP contribution in [0.15, 0.2) is 0 Å². The number of carbonyl (C=O) groups is 2. The normalized spacial score (nSPS) is 30.3. The van der Waals surface area contributed by atoms with Crippen LogP contribution >= 0.6 is 0 Å². The first-order valence-corrected chi connectivity index (χ1v) is 7.50. The average Bonchev–Trinajstić information content (AvgIpc) is 2.95. The molecule has 0 aliphatic carbocycles. The fourth-order valence-electron chi connectivity index (χ4n) is 2.92. The number of nitrogens with zero attached hydrogens (tertiary/aromatic N) is 1. The first kappa shape index (κ1) is 15.3. The van der Waals surface area contributed by atoms with Crippen LogP contribution in [0.1, 0.15) is 39.0 Å². The number of hydrogen-bond donors (Lipinski definition) is 1. The highest BCUT2D eigenvalue weighted by Crippen LogP contribution is 2.25. The summed E-state index contributed by atoms with van der Waals surface area (Å²) in [5.41, 5.74) is 5.57. The monoisotopic (exact) mass is 284 g/mol. The van der Waals surface area contributed by atoms with E-state index in [1.54, 1.807) is 11.8 Å². The Labute approximate surface area is 119 Å². The van der Waals surface area contributed by atoms with Gasteiger partial charge in [-0.05, 0) is 39.0 Å². The molecule has 2 aliphatic heterocycles. The second-order valence-electron chi connectivity index (χ2n) is 5.36. The lowest BCUT2D eigenvalue weighted by molar-refractivity contribution is -0.160. The minimum atomic E-state index is -0.447. The molecule has 2 rings (SSSR count). The molecule has 6 nitrogen and oxygen atoms in total. The van der Waals surface area contributed by atoms with Crippen molar-refractivity contribution in [3.05, 3.63) is 0 Å². The molecular formula is C14H24N2O4. The van der Waals surface area contributed by atoms with Crippen molar-refractivity contribution in [2.24, 2.45) is 5.73 Å². The fraction of sp³-hybridized carbons (Fsp3) is 0.857. The van der Waals surface area contributed by atoms with E-state index in [0.717, 1.165) is 19.3 Å². The topological polar surface area (TPSA) is 81.9 Å². The predicted molar refractivity (Wildman–Crippen MR) is 72.9 cm³/mol. The van der Waals surface area contributed by atoms with Gasteiger partial charge in [-0.1, -0.05) is 0 Å². The van der Waals surface area contributed by atoms with Crippen molar-refractivity contribution in [1.82, 2.24) is 4.90 Å². The molecule has 0 spiro atoms. The summed E-state index contributed by atoms with van der Waals surface area (Å²) >= 11 is 0. The summed E-state index contributed by atoms with van der Waals surface area (Å²) in [5, 5.41) is 0. The van der Waals surface area contributed by atoms with E-state index in [9.17, 15) is 9.59 Å². The van der Waals surface area contributed by atoms with Crippen LogP contribution in [0.4, 0.5) is 0 Å². The smallest absolute Gasteiger partial charge is 0.328 e. The summed E-state index contributed by atoms with van der Waals surface area (Å²) in [7, 11) is 0. The van der Waals surface area contributed by atoms with Crippen molar-refractivity contribution < 1.29 is 19.1 Å². The molecule has 6 heteroatoms. The summed E-state index contributed by atoms with van der Waals surface area (Å²) < 4.78 is 10.7. The third kappa shape index (κ3) is 3.30. The molecule has 3 unspecified atom stereocenters. The maximum absolute atomic E-state index is 12.5. The molecule has 1 amide bonds. The number of amides is 1. The van der Waals surface area contributed by atoms with Crippen molar-refractivity contribution in [3.63, 3.8) is 0 Å². The number of esters is 1. The highest BCUT2D eigenvalue weighted by Gasteiger charge is 2.39. The molecule has 0 radical (unpaired) electrons. The number of likely N-dealkylation sites (tertiary alicyclic amines) is 1. The zero-order chi connectivity index (χ0) is 14.5. The molecule has 3 atom stereocenters. The number of piperidine rings is 1. The molecule has 0 aromatic rings. The summed E-state index contributed by atoms with van der Waals surface area (Å²) in [6.45, 7) is 3.16. The van der Waals surface area contributed by atoms with E-state index in [2.05, 4.69) is 0 Å². The van der Waals surface area contributed by atoms with Gasteiger partial charge in [0.05, 0.1) is 12.7 Å². The van der Waals surface area contributed by atoms with E-state index in [1.165, 1.54) is 0 Å². The highest BCUT2D eigenvalue weighted by atomic mass is 16.5. The Morgan fingerprint density at radius 2 is 2.10 bits per heavy atom. The van der Waals surface area contributed by atoms with E-state index >= 15 is 0 Å². The first-order chi connectivity index (χ1) is 9.67. The minimum Gasteiger partial charge on any atom is -0.464 e. The summed E-state index contributed by atoms with van der Waals surface area (Å²) in [4.78, 5) is 26.1. The molecule has 2 N–H and O–H groups in total. The van der Waals surface area contributed by atoms with Crippen molar-refractivity contribution in [3.8, 4) is 0 Å². The van der Waals surface area contributed by atoms with E-state index in [4.69, 9.17) is 15.2 Å². The molecule has 20 heavy (non-hydrogen) atoms. The zero-order valence-electron chi connectivity index (χ0n) is 12.0. The SMILES string of the molecule is CCOC(=O)C1CCCCN1C(=O)C1CCC(CN)O1. The van der Waals surface area contributed by atoms with Crippen LogP contribution in [0.5, 0.6) is 0 Å². The Morgan fingerprint density at radius 3 is 2.75 bits per heavy atom. The van der Waals surface area contributed by atoms with Crippen LogP contribution < -0.4 is 5.73 Å². The van der Waals surface area contributed by atoms with E-state index in [0.29, 0.717) is 32.5 Å². The quantitative estimate of drug-likeness (QED) is 0.757. The van der Waals surface area contributed by atoms with Crippen molar-refractivity contribution in [2.75, 3.05) is 19.7 Å². The number of ether oxygens (including phenoxy) is 2. The van der Waals surface area contributed by atoms with Crippen LogP contribution in [-0.2, 0) is 19.1 Å². The molecule has 2 fully saturated rings. The van der Waals surface area contributed by atoms with Gasteiger partial charge in [-0.2, -0.15) is 0 Å². The Kier molecular flexibility index (Phi) is 5.37. The van der Waals surface area contributed by atoms with Gasteiger partial charge >= 0.3 is 5.97 Å². The molecule has 0 saturated carbocycles. The lowest BCUT2D eigenvalue weighted by Crippen LogP contribution is -2.52. The van der Waals surface area contributed by atoms with E-state index in [-0.39, 0.29) is 18.0 Å². The second-order valence-corrected chi connectivity index (χ2v) is 5.36. The lowest BCUT2D eigenvalue weighted by Gasteiger charge is -2.35. The van der Waals surface area contributed by atoms with Gasteiger partial charge in [-0.25, -0.2) is 4.79 Å². The largest absolute Gasteiger partial charge is 0.464 e. The van der Waals surface area contributed by atoms with Crippen molar-refractivity contribution in [1.29, 1.82) is 0 Å². The van der Waals surface area contributed by atoms with Gasteiger partial charge in [0.1, 0.15) is 12.1 Å². The Morgan fingerprint density at radius 1 is 1.30 bits per heavy atom. The van der Waals surface area contributed by atoms with Crippen LogP contribution in [0.2, 0.25) is 0 Å². The third-order valence-corrected chi connectivity index (χ3v) is 3.99. The first-order valence-electron chi connectivity index (χ1n) is 7.50. The number of nitrogens with two attached hydrogens (primary N) is 1. The fourth-order valence-corrected chi connectivity index (χ4v) is 2.92. The maximum atomic E-state index is 12.5. The van der Waals surface area contributed by atoms with Crippen LogP contribution in [0.25, 0.3) is 0 Å². The minimum absolute atomic E-state index is 0.0326. The lowest BCUT2D eigenvalue weighted by atomic mass is 10.0. The van der Waals surface area contributed by atoms with Crippen LogP contribution in [-0.4, -0.2) is 54.7 Å². The predicted octanol–water partition coefficient (Wildman–Crippen LogP) is 0.437. The zero-order valence-corrected chi connectivity index (χ0v) is 12.0. The van der Waals surface area contributed by atoms with Crippen LogP contribution in [0, 0.1) is 0 Å². The third-order valence-electron chi connectivity index (χ3n) is 3.99. The maximum Gasteiger partial charge on any atom is 0.328 e. The summed E-state index contributed by atoms with van der Waals surface area (Å²) in [5.74, 6) is -0.382. The molecule has 0 bridgehead atoms. The Balaban J connectivity index is 2.00. The van der Waals surface area contributed by atoms with Crippen molar-refractivity contribution >= 4 is 11.9 Å². The van der Waals surface area contributed by atoms with Gasteiger partial charge in [0.15, 0.2) is 0 Å². The average molecular weight is 284 g/mol. The molecule has 0 aromatic heterocycles. The van der Waals surface area contributed by atoms with Gasteiger partial charge in [0.25, 0.3) is 5.91 Å². The summed E-state index contributed by atoms with van der Waals surface area (Å²) in [6, 6.07) is -0.447. The van der Waals surface area contributed by atoms with Gasteiger partial charge in [0.2, 0.25) is 0 Å². The number of hydrogen-bond acceptors (Lipinski definition) is 5. The van der Waals surface area contributed by atoms with Crippen LogP contribution in [0.3, 0.4) is 0 Å². The Bertz CT molecular complexity index is 361. The Hall–Kier alpha value is -1.14. The standard InChI is InChI=1S/C14H24N2O4/c1-2-19-14(18)11-5-3-4-8-16(11)13(17)12-7-6-10(9-15)20-12/h10-12H,2-9,15H2,1H3. The molecule has 0 aromatic carbocycles. The molecule has 2 heterocycles. The van der Waals surface area contributed by atoms with Gasteiger partial charge < -0.3 is 20.1 Å². The highest BCUT2D eigenvalue weighted by molar-refractivity contribution is 5.87. The summed E-state index contributed by atoms with van der Waals surface area (Å²) in [6.07, 6.45) is 3.57. The van der Waals surface area contributed by atoms with Gasteiger partial charge in [-0.3, -0.25) is 4.79 Å².